The van der Waals surface area contributed by atoms with Gasteiger partial charge in [-0.15, -0.1) is 0 Å². The predicted molar refractivity (Wildman–Crippen MR) is 70.0 cm³/mol. The summed E-state index contributed by atoms with van der Waals surface area (Å²) in [6, 6.07) is 3.09. The van der Waals surface area contributed by atoms with E-state index in [4.69, 9.17) is 5.73 Å². The summed E-state index contributed by atoms with van der Waals surface area (Å²) in [4.78, 5) is 11.9. The smallest absolute Gasteiger partial charge is 0.253 e. The molecule has 2 rings (SSSR count). The summed E-state index contributed by atoms with van der Waals surface area (Å²) < 4.78 is 35.8. The molecule has 1 aliphatic rings. The topological polar surface area (TPSA) is 89.3 Å². The lowest BCUT2D eigenvalue weighted by Crippen LogP contribution is -2.43. The van der Waals surface area contributed by atoms with E-state index in [1.165, 1.54) is 6.07 Å². The molecular formula is C12H15FN2O3S. The number of hydrogen-bond acceptors (Lipinski definition) is 4. The number of nitrogen functional groups attached to an aromatic ring is 1. The minimum atomic E-state index is -3.08. The van der Waals surface area contributed by atoms with E-state index in [1.807, 2.05) is 0 Å². The van der Waals surface area contributed by atoms with Crippen LogP contribution in [0.3, 0.4) is 0 Å². The lowest BCUT2D eigenvalue weighted by molar-refractivity contribution is 0.0939. The third kappa shape index (κ3) is 3.44. The van der Waals surface area contributed by atoms with Crippen LogP contribution in [0.25, 0.3) is 0 Å². The van der Waals surface area contributed by atoms with Gasteiger partial charge < -0.3 is 11.1 Å². The Balaban J connectivity index is 2.09. The number of nitrogens with two attached hydrogens (primary N) is 1. The van der Waals surface area contributed by atoms with Gasteiger partial charge >= 0.3 is 0 Å². The number of rotatable bonds is 2. The summed E-state index contributed by atoms with van der Waals surface area (Å²) in [5, 5.41) is 2.63. The third-order valence-corrected chi connectivity index (χ3v) is 4.88. The second kappa shape index (κ2) is 5.16. The molecule has 7 heteroatoms. The molecule has 0 aromatic heterocycles. The van der Waals surface area contributed by atoms with E-state index in [2.05, 4.69) is 5.32 Å². The Kier molecular flexibility index (Phi) is 3.75. The van der Waals surface area contributed by atoms with Crippen LogP contribution in [-0.2, 0) is 9.84 Å². The Morgan fingerprint density at radius 1 is 1.42 bits per heavy atom. The van der Waals surface area contributed by atoms with Gasteiger partial charge in [-0.2, -0.15) is 0 Å². The van der Waals surface area contributed by atoms with Gasteiger partial charge in [0.25, 0.3) is 5.91 Å². The fourth-order valence-electron chi connectivity index (χ4n) is 2.14. The summed E-state index contributed by atoms with van der Waals surface area (Å²) >= 11 is 0. The van der Waals surface area contributed by atoms with Crippen molar-refractivity contribution in [2.75, 3.05) is 17.2 Å². The molecule has 1 saturated heterocycles. The minimum Gasteiger partial charge on any atom is -0.398 e. The van der Waals surface area contributed by atoms with Crippen molar-refractivity contribution < 1.29 is 17.6 Å². The minimum absolute atomic E-state index is 0.0381. The third-order valence-electron chi connectivity index (χ3n) is 3.06. The number of sulfone groups is 1. The van der Waals surface area contributed by atoms with Gasteiger partial charge in [0.15, 0.2) is 9.84 Å². The SMILES string of the molecule is Nc1cc(F)ccc1C(=O)NC1CCCS(=O)(=O)C1. The highest BCUT2D eigenvalue weighted by molar-refractivity contribution is 7.91. The first-order valence-corrected chi connectivity index (χ1v) is 7.76. The molecule has 1 amide bonds. The van der Waals surface area contributed by atoms with Gasteiger partial charge in [-0.05, 0) is 31.0 Å². The van der Waals surface area contributed by atoms with Crippen LogP contribution in [0.4, 0.5) is 10.1 Å². The van der Waals surface area contributed by atoms with Crippen LogP contribution in [0, 0.1) is 5.82 Å². The van der Waals surface area contributed by atoms with Crippen LogP contribution in [0.1, 0.15) is 23.2 Å². The first kappa shape index (κ1) is 13.8. The van der Waals surface area contributed by atoms with Crippen LogP contribution in [0.2, 0.25) is 0 Å². The van der Waals surface area contributed by atoms with Gasteiger partial charge in [0.05, 0.1) is 17.1 Å². The molecule has 1 aromatic carbocycles. The molecule has 3 N–H and O–H groups in total. The summed E-state index contributed by atoms with van der Waals surface area (Å²) in [6.45, 7) is 0. The molecule has 0 saturated carbocycles. The quantitative estimate of drug-likeness (QED) is 0.784. The van der Waals surface area contributed by atoms with Gasteiger partial charge in [0.1, 0.15) is 5.82 Å². The zero-order valence-electron chi connectivity index (χ0n) is 10.2. The maximum absolute atomic E-state index is 12.9. The number of halogens is 1. The number of benzene rings is 1. The maximum Gasteiger partial charge on any atom is 0.253 e. The molecule has 1 heterocycles. The number of anilines is 1. The van der Waals surface area contributed by atoms with Crippen LogP contribution in [0.15, 0.2) is 18.2 Å². The molecule has 0 aliphatic carbocycles. The van der Waals surface area contributed by atoms with Crippen molar-refractivity contribution in [1.82, 2.24) is 5.32 Å². The molecule has 0 bridgehead atoms. The second-order valence-corrected chi connectivity index (χ2v) is 6.89. The van der Waals surface area contributed by atoms with Crippen molar-refractivity contribution in [1.29, 1.82) is 0 Å². The Morgan fingerprint density at radius 2 is 2.16 bits per heavy atom. The normalized spacial score (nSPS) is 21.8. The molecule has 1 atom stereocenters. The maximum atomic E-state index is 12.9. The highest BCUT2D eigenvalue weighted by Crippen LogP contribution is 2.16. The second-order valence-electron chi connectivity index (χ2n) is 4.66. The van der Waals surface area contributed by atoms with Crippen molar-refractivity contribution in [3.63, 3.8) is 0 Å². The molecule has 19 heavy (non-hydrogen) atoms. The van der Waals surface area contributed by atoms with Crippen molar-refractivity contribution in [3.05, 3.63) is 29.6 Å². The predicted octanol–water partition coefficient (Wildman–Crippen LogP) is 0.715. The first-order valence-electron chi connectivity index (χ1n) is 5.94. The fraction of sp³-hybridized carbons (Fsp3) is 0.417. The summed E-state index contributed by atoms with van der Waals surface area (Å²) in [7, 11) is -3.08. The zero-order valence-corrected chi connectivity index (χ0v) is 11.0. The van der Waals surface area contributed by atoms with Gasteiger partial charge in [0.2, 0.25) is 0 Å². The number of hydrogen-bond donors (Lipinski definition) is 2. The number of carbonyl (C=O) groups excluding carboxylic acids is 1. The Hall–Kier alpha value is -1.63. The largest absolute Gasteiger partial charge is 0.398 e. The number of amides is 1. The first-order chi connectivity index (χ1) is 8.87. The van der Waals surface area contributed by atoms with Gasteiger partial charge in [0, 0.05) is 11.7 Å². The van der Waals surface area contributed by atoms with Crippen molar-refractivity contribution in [3.8, 4) is 0 Å². The molecular weight excluding hydrogens is 271 g/mol. The van der Waals surface area contributed by atoms with Crippen LogP contribution in [-0.4, -0.2) is 31.9 Å². The summed E-state index contributed by atoms with van der Waals surface area (Å²) in [5.74, 6) is -0.883. The fourth-order valence-corrected chi connectivity index (χ4v) is 3.78. The van der Waals surface area contributed by atoms with E-state index < -0.39 is 27.6 Å². The van der Waals surface area contributed by atoms with E-state index in [9.17, 15) is 17.6 Å². The summed E-state index contributed by atoms with van der Waals surface area (Å²) in [5.41, 5.74) is 5.76. The van der Waals surface area contributed by atoms with Crippen molar-refractivity contribution in [2.45, 2.75) is 18.9 Å². The Labute approximate surface area is 110 Å². The van der Waals surface area contributed by atoms with Crippen molar-refractivity contribution in [2.24, 2.45) is 0 Å². The Bertz CT molecular complexity index is 601. The van der Waals surface area contributed by atoms with Gasteiger partial charge in [-0.3, -0.25) is 4.79 Å². The van der Waals surface area contributed by atoms with Gasteiger partial charge in [-0.25, -0.2) is 12.8 Å². The number of nitrogens with one attached hydrogen (secondary N) is 1. The van der Waals surface area contributed by atoms with E-state index in [0.29, 0.717) is 12.8 Å². The standard InChI is InChI=1S/C12H15FN2O3S/c13-8-3-4-10(11(14)6-8)12(16)15-9-2-1-5-19(17,18)7-9/h3-4,6,9H,1-2,5,7,14H2,(H,15,16). The molecule has 104 valence electrons. The zero-order chi connectivity index (χ0) is 14.0. The molecule has 5 nitrogen and oxygen atoms in total. The average molecular weight is 286 g/mol. The van der Waals surface area contributed by atoms with Crippen LogP contribution < -0.4 is 11.1 Å². The lowest BCUT2D eigenvalue weighted by Gasteiger charge is -2.23. The monoisotopic (exact) mass is 286 g/mol. The van der Waals surface area contributed by atoms with Crippen LogP contribution in [0.5, 0.6) is 0 Å². The van der Waals surface area contributed by atoms with E-state index in [0.717, 1.165) is 12.1 Å². The lowest BCUT2D eigenvalue weighted by atomic mass is 10.1. The molecule has 1 fully saturated rings. The molecule has 0 radical (unpaired) electrons. The molecule has 1 aromatic rings. The van der Waals surface area contributed by atoms with Crippen molar-refractivity contribution >= 4 is 21.4 Å². The molecule has 1 aliphatic heterocycles. The van der Waals surface area contributed by atoms with E-state index >= 15 is 0 Å². The summed E-state index contributed by atoms with van der Waals surface area (Å²) in [6.07, 6.45) is 1.15. The average Bonchev–Trinajstić information content (AvgIpc) is 2.27. The number of carbonyl (C=O) groups is 1. The van der Waals surface area contributed by atoms with Crippen LogP contribution >= 0.6 is 0 Å². The Morgan fingerprint density at radius 3 is 2.79 bits per heavy atom. The molecule has 0 spiro atoms. The highest BCUT2D eigenvalue weighted by atomic mass is 32.2. The van der Waals surface area contributed by atoms with E-state index in [1.54, 1.807) is 0 Å². The van der Waals surface area contributed by atoms with E-state index in [-0.39, 0.29) is 22.8 Å². The highest BCUT2D eigenvalue weighted by Gasteiger charge is 2.26. The molecule has 1 unspecified atom stereocenters. The van der Waals surface area contributed by atoms with Gasteiger partial charge in [-0.1, -0.05) is 0 Å².